The van der Waals surface area contributed by atoms with E-state index in [0.29, 0.717) is 11.1 Å². The number of likely N-dealkylation sites (tertiary alicyclic amines) is 1. The minimum absolute atomic E-state index is 0.106. The average Bonchev–Trinajstić information content (AvgIpc) is 2.48. The number of carbonyl (C=O) groups is 1. The molecule has 2 rings (SSSR count). The first-order valence-corrected chi connectivity index (χ1v) is 7.35. The van der Waals surface area contributed by atoms with Crippen LogP contribution in [0.2, 0.25) is 0 Å². The maximum absolute atomic E-state index is 12.8. The molecule has 1 amide bonds. The molecule has 1 aliphatic heterocycles. The number of nitro benzene ring substituents is 1. The van der Waals surface area contributed by atoms with Crippen LogP contribution in [0.15, 0.2) is 18.2 Å². The third-order valence-corrected chi connectivity index (χ3v) is 4.43. The fraction of sp³-hybridized carbons (Fsp3) is 0.533. The van der Waals surface area contributed by atoms with Gasteiger partial charge in [-0.05, 0) is 12.5 Å². The van der Waals surface area contributed by atoms with Gasteiger partial charge in [0, 0.05) is 37.6 Å². The molecule has 132 valence electrons. The molecule has 1 aliphatic rings. The molecule has 0 spiro atoms. The number of nitro groups is 1. The normalized spacial score (nSPS) is 17.6. The highest BCUT2D eigenvalue weighted by molar-refractivity contribution is 5.79. The van der Waals surface area contributed by atoms with Crippen molar-refractivity contribution in [2.75, 3.05) is 13.1 Å². The number of hydrogen-bond donors (Lipinski definition) is 1. The maximum atomic E-state index is 12.8. The number of aliphatic hydroxyl groups is 1. The van der Waals surface area contributed by atoms with Gasteiger partial charge >= 0.3 is 6.18 Å². The third-order valence-electron chi connectivity index (χ3n) is 4.43. The van der Waals surface area contributed by atoms with E-state index in [1.165, 1.54) is 24.0 Å². The van der Waals surface area contributed by atoms with Gasteiger partial charge in [-0.3, -0.25) is 14.9 Å². The number of amides is 1. The minimum atomic E-state index is -4.72. The molecule has 0 atom stereocenters. The fourth-order valence-corrected chi connectivity index (χ4v) is 2.74. The SMILES string of the molecule is Cc1c(CC(=O)N2CCC(O)(C(F)(F)F)CC2)cccc1[N+](=O)[O-]. The summed E-state index contributed by atoms with van der Waals surface area (Å²) in [7, 11) is 0. The van der Waals surface area contributed by atoms with Crippen LogP contribution in [0.25, 0.3) is 0 Å². The molecule has 1 aromatic rings. The molecule has 24 heavy (non-hydrogen) atoms. The van der Waals surface area contributed by atoms with Crippen molar-refractivity contribution in [3.8, 4) is 0 Å². The second-order valence-electron chi connectivity index (χ2n) is 5.91. The van der Waals surface area contributed by atoms with Gasteiger partial charge in [0.2, 0.25) is 5.91 Å². The summed E-state index contributed by atoms with van der Waals surface area (Å²) in [6, 6.07) is 4.37. The Morgan fingerprint density at radius 1 is 1.38 bits per heavy atom. The summed E-state index contributed by atoms with van der Waals surface area (Å²) in [6.45, 7) is 1.12. The molecular formula is C15H17F3N2O4. The summed E-state index contributed by atoms with van der Waals surface area (Å²) in [6.07, 6.45) is -6.00. The standard InChI is InChI=1S/C15H17F3N2O4/c1-10-11(3-2-4-12(10)20(23)24)9-13(21)19-7-5-14(22,6-8-19)15(16,17)18/h2-4,22H,5-9H2,1H3. The first-order valence-electron chi connectivity index (χ1n) is 7.35. The van der Waals surface area contributed by atoms with Crippen LogP contribution in [0.4, 0.5) is 18.9 Å². The molecule has 1 aromatic carbocycles. The summed E-state index contributed by atoms with van der Waals surface area (Å²) in [5.41, 5.74) is -2.04. The first kappa shape index (κ1) is 18.2. The van der Waals surface area contributed by atoms with Crippen LogP contribution in [-0.4, -0.2) is 45.7 Å². The lowest BCUT2D eigenvalue weighted by atomic mass is 9.90. The lowest BCUT2D eigenvalue weighted by molar-refractivity contribution is -0.385. The van der Waals surface area contributed by atoms with Gasteiger partial charge in [-0.1, -0.05) is 12.1 Å². The number of benzene rings is 1. The number of hydrogen-bond acceptors (Lipinski definition) is 4. The van der Waals surface area contributed by atoms with E-state index >= 15 is 0 Å². The highest BCUT2D eigenvalue weighted by Gasteiger charge is 2.54. The van der Waals surface area contributed by atoms with Crippen LogP contribution in [0, 0.1) is 17.0 Å². The minimum Gasteiger partial charge on any atom is -0.380 e. The van der Waals surface area contributed by atoms with Crippen LogP contribution in [0.1, 0.15) is 24.0 Å². The molecule has 0 aliphatic carbocycles. The van der Waals surface area contributed by atoms with Crippen molar-refractivity contribution in [2.45, 2.75) is 38.0 Å². The maximum Gasteiger partial charge on any atom is 0.417 e. The van der Waals surface area contributed by atoms with Gasteiger partial charge in [-0.25, -0.2) is 0 Å². The van der Waals surface area contributed by atoms with E-state index < -0.39 is 35.4 Å². The van der Waals surface area contributed by atoms with Crippen molar-refractivity contribution < 1.29 is 28.0 Å². The summed E-state index contributed by atoms with van der Waals surface area (Å²) in [5.74, 6) is -0.414. The van der Waals surface area contributed by atoms with E-state index in [4.69, 9.17) is 0 Å². The molecule has 0 unspecified atom stereocenters. The predicted octanol–water partition coefficient (Wildman–Crippen LogP) is 2.36. The van der Waals surface area contributed by atoms with Crippen LogP contribution < -0.4 is 0 Å². The number of alkyl halides is 3. The van der Waals surface area contributed by atoms with Crippen molar-refractivity contribution in [3.05, 3.63) is 39.4 Å². The molecule has 1 saturated heterocycles. The van der Waals surface area contributed by atoms with Gasteiger partial charge in [-0.2, -0.15) is 13.2 Å². The summed E-state index contributed by atoms with van der Waals surface area (Å²) in [4.78, 5) is 23.9. The zero-order valence-electron chi connectivity index (χ0n) is 13.0. The smallest absolute Gasteiger partial charge is 0.380 e. The molecule has 1 heterocycles. The molecule has 1 fully saturated rings. The average molecular weight is 346 g/mol. The van der Waals surface area contributed by atoms with Crippen molar-refractivity contribution in [2.24, 2.45) is 0 Å². The Labute approximate surface area is 136 Å². The van der Waals surface area contributed by atoms with E-state index in [2.05, 4.69) is 0 Å². The Morgan fingerprint density at radius 2 is 1.96 bits per heavy atom. The molecule has 1 N–H and O–H groups in total. The molecule has 0 radical (unpaired) electrons. The molecule has 6 nitrogen and oxygen atoms in total. The first-order chi connectivity index (χ1) is 11.0. The van der Waals surface area contributed by atoms with Crippen molar-refractivity contribution in [3.63, 3.8) is 0 Å². The molecule has 0 aromatic heterocycles. The van der Waals surface area contributed by atoms with Crippen LogP contribution >= 0.6 is 0 Å². The van der Waals surface area contributed by atoms with Crippen molar-refractivity contribution in [1.29, 1.82) is 0 Å². The predicted molar refractivity (Wildman–Crippen MR) is 78.4 cm³/mol. The second-order valence-corrected chi connectivity index (χ2v) is 5.91. The second kappa shape index (κ2) is 6.39. The Hall–Kier alpha value is -2.16. The summed E-state index contributed by atoms with van der Waals surface area (Å²) in [5, 5.41) is 20.5. The van der Waals surface area contributed by atoms with Gasteiger partial charge in [0.1, 0.15) is 0 Å². The number of nitrogens with zero attached hydrogens (tertiary/aromatic N) is 2. The molecule has 0 bridgehead atoms. The van der Waals surface area contributed by atoms with E-state index in [1.54, 1.807) is 6.07 Å². The number of rotatable bonds is 3. The van der Waals surface area contributed by atoms with Crippen LogP contribution in [0.5, 0.6) is 0 Å². The molecular weight excluding hydrogens is 329 g/mol. The summed E-state index contributed by atoms with van der Waals surface area (Å²) >= 11 is 0. The Morgan fingerprint density at radius 3 is 2.46 bits per heavy atom. The van der Waals surface area contributed by atoms with E-state index in [0.717, 1.165) is 0 Å². The Bertz CT molecular complexity index is 653. The highest BCUT2D eigenvalue weighted by atomic mass is 19.4. The largest absolute Gasteiger partial charge is 0.417 e. The zero-order valence-corrected chi connectivity index (χ0v) is 13.0. The number of carbonyl (C=O) groups excluding carboxylic acids is 1. The molecule has 9 heteroatoms. The highest BCUT2D eigenvalue weighted by Crippen LogP contribution is 2.38. The number of halogens is 3. The molecule has 0 saturated carbocycles. The quantitative estimate of drug-likeness (QED) is 0.673. The zero-order chi connectivity index (χ0) is 18.1. The number of piperidine rings is 1. The van der Waals surface area contributed by atoms with E-state index in [9.17, 15) is 33.2 Å². The fourth-order valence-electron chi connectivity index (χ4n) is 2.74. The lowest BCUT2D eigenvalue weighted by Crippen LogP contribution is -2.54. The van der Waals surface area contributed by atoms with Crippen LogP contribution in [0.3, 0.4) is 0 Å². The van der Waals surface area contributed by atoms with Gasteiger partial charge < -0.3 is 10.0 Å². The summed E-state index contributed by atoms with van der Waals surface area (Å²) < 4.78 is 38.3. The van der Waals surface area contributed by atoms with Crippen molar-refractivity contribution >= 4 is 11.6 Å². The Kier molecular flexibility index (Phi) is 4.84. The van der Waals surface area contributed by atoms with Gasteiger partial charge in [-0.15, -0.1) is 0 Å². The van der Waals surface area contributed by atoms with Gasteiger partial charge in [0.05, 0.1) is 11.3 Å². The van der Waals surface area contributed by atoms with Gasteiger partial charge in [0.25, 0.3) is 5.69 Å². The topological polar surface area (TPSA) is 83.7 Å². The third kappa shape index (κ3) is 3.50. The monoisotopic (exact) mass is 346 g/mol. The van der Waals surface area contributed by atoms with Crippen molar-refractivity contribution in [1.82, 2.24) is 4.90 Å². The van der Waals surface area contributed by atoms with Crippen LogP contribution in [-0.2, 0) is 11.2 Å². The lowest BCUT2D eigenvalue weighted by Gasteiger charge is -2.39. The van der Waals surface area contributed by atoms with Gasteiger partial charge in [0.15, 0.2) is 5.60 Å². The van der Waals surface area contributed by atoms with E-state index in [1.807, 2.05) is 0 Å². The van der Waals surface area contributed by atoms with E-state index in [-0.39, 0.29) is 25.2 Å². The Balaban J connectivity index is 2.05.